The number of benzene rings is 2. The topological polar surface area (TPSA) is 96.0 Å². The summed E-state index contributed by atoms with van der Waals surface area (Å²) < 4.78 is 25.6. The molecule has 1 heterocycles. The molecule has 0 aliphatic heterocycles. The van der Waals surface area contributed by atoms with Crippen molar-refractivity contribution in [3.8, 4) is 11.5 Å². The minimum absolute atomic E-state index is 0.315. The van der Waals surface area contributed by atoms with E-state index in [4.69, 9.17) is 22.1 Å². The van der Waals surface area contributed by atoms with Crippen LogP contribution in [0.3, 0.4) is 0 Å². The number of anilines is 1. The van der Waals surface area contributed by atoms with Gasteiger partial charge in [-0.25, -0.2) is 4.39 Å². The molecule has 9 nitrogen and oxygen atoms in total. The van der Waals surface area contributed by atoms with Gasteiger partial charge in [0.15, 0.2) is 11.5 Å². The van der Waals surface area contributed by atoms with Gasteiger partial charge in [-0.3, -0.25) is 14.6 Å². The lowest BCUT2D eigenvalue weighted by atomic mass is 10.1. The molecule has 3 aromatic rings. The summed E-state index contributed by atoms with van der Waals surface area (Å²) >= 11 is 4.70. The van der Waals surface area contributed by atoms with Gasteiger partial charge < -0.3 is 29.9 Å². The molecule has 1 aromatic heterocycles. The molecule has 0 atom stereocenters. The third-order valence-electron chi connectivity index (χ3n) is 7.94. The van der Waals surface area contributed by atoms with E-state index in [2.05, 4.69) is 79.3 Å². The number of nitrogens with one attached hydrogen (secondary N) is 2. The lowest BCUT2D eigenvalue weighted by molar-refractivity contribution is -0.126. The molecule has 0 aliphatic carbocycles. The van der Waals surface area contributed by atoms with E-state index in [1.54, 1.807) is 38.1 Å². The molecule has 2 N–H and O–H groups in total. The first-order chi connectivity index (χ1) is 26.2. The molecule has 3 rings (SSSR count). The van der Waals surface area contributed by atoms with Crippen LogP contribution in [-0.2, 0) is 16.0 Å². The number of pyridine rings is 1. The normalized spacial score (nSPS) is 11.5. The van der Waals surface area contributed by atoms with E-state index in [1.165, 1.54) is 11.6 Å². The molecule has 0 aliphatic rings. The molecular formula is C44H60FN5O4S. The number of aromatic nitrogens is 1. The van der Waals surface area contributed by atoms with Crippen LogP contribution in [-0.4, -0.2) is 81.1 Å². The van der Waals surface area contributed by atoms with E-state index in [-0.39, 0.29) is 6.42 Å². The molecule has 11 heteroatoms. The average Bonchev–Trinajstić information content (AvgIpc) is 3.12. The summed E-state index contributed by atoms with van der Waals surface area (Å²) in [5, 5.41) is 5.12. The van der Waals surface area contributed by atoms with Crippen LogP contribution >= 0.6 is 12.6 Å². The van der Waals surface area contributed by atoms with Gasteiger partial charge in [-0.05, 0) is 133 Å². The Kier molecular flexibility index (Phi) is 21.4. The van der Waals surface area contributed by atoms with Crippen LogP contribution in [0.25, 0.3) is 12.2 Å². The Balaban J connectivity index is 0.000000402. The first-order valence-electron chi connectivity index (χ1n) is 18.6. The van der Waals surface area contributed by atoms with Crippen LogP contribution in [0.1, 0.15) is 68.8 Å². The SMILES string of the molecule is C=C(C)/C(=C\C=C/C)NC(=O)CC(=O)Nc1ccc(C)c(F)c1.CCCc1ccnc(/C=C/c2ccc(OCCCN(C)C)c(OCCCN(C)C)c2)c1S. The van der Waals surface area contributed by atoms with Crippen molar-refractivity contribution in [3.63, 3.8) is 0 Å². The van der Waals surface area contributed by atoms with Gasteiger partial charge in [-0.15, -0.1) is 12.6 Å². The molecule has 0 spiro atoms. The molecule has 0 saturated carbocycles. The number of hydrogen-bond donors (Lipinski definition) is 3. The van der Waals surface area contributed by atoms with Gasteiger partial charge >= 0.3 is 0 Å². The minimum Gasteiger partial charge on any atom is -0.490 e. The van der Waals surface area contributed by atoms with Gasteiger partial charge in [-0.2, -0.15) is 0 Å². The Morgan fingerprint density at radius 2 is 1.62 bits per heavy atom. The maximum atomic E-state index is 13.4. The maximum absolute atomic E-state index is 13.4. The largest absolute Gasteiger partial charge is 0.490 e. The number of hydrogen-bond acceptors (Lipinski definition) is 8. The molecule has 0 unspecified atom stereocenters. The second-order valence-electron chi connectivity index (χ2n) is 13.6. The van der Waals surface area contributed by atoms with Crippen molar-refractivity contribution in [2.45, 2.75) is 64.7 Å². The zero-order valence-corrected chi connectivity index (χ0v) is 34.8. The van der Waals surface area contributed by atoms with Crippen molar-refractivity contribution in [1.29, 1.82) is 0 Å². The Morgan fingerprint density at radius 3 is 2.22 bits per heavy atom. The fourth-order valence-electron chi connectivity index (χ4n) is 4.97. The first kappa shape index (κ1) is 46.4. The molecule has 0 saturated heterocycles. The quantitative estimate of drug-likeness (QED) is 0.0458. The average molecular weight is 774 g/mol. The van der Waals surface area contributed by atoms with Crippen LogP contribution in [0.5, 0.6) is 11.5 Å². The molecule has 55 heavy (non-hydrogen) atoms. The number of amides is 2. The van der Waals surface area contributed by atoms with Crippen LogP contribution < -0.4 is 20.1 Å². The van der Waals surface area contributed by atoms with E-state index in [9.17, 15) is 14.0 Å². The predicted octanol–water partition coefficient (Wildman–Crippen LogP) is 8.77. The molecule has 2 aromatic carbocycles. The highest BCUT2D eigenvalue weighted by atomic mass is 32.1. The second-order valence-corrected chi connectivity index (χ2v) is 14.1. The number of carbonyl (C=O) groups is 2. The Labute approximate surface area is 333 Å². The van der Waals surface area contributed by atoms with E-state index in [1.807, 2.05) is 43.5 Å². The summed E-state index contributed by atoms with van der Waals surface area (Å²) in [5.74, 6) is 0.191. The number of allylic oxidation sites excluding steroid dienone is 4. The Morgan fingerprint density at radius 1 is 0.945 bits per heavy atom. The summed E-state index contributed by atoms with van der Waals surface area (Å²) in [7, 11) is 8.29. The van der Waals surface area contributed by atoms with Crippen LogP contribution in [0.15, 0.2) is 89.6 Å². The summed E-state index contributed by atoms with van der Waals surface area (Å²) in [4.78, 5) is 33.5. The number of rotatable bonds is 20. The predicted molar refractivity (Wildman–Crippen MR) is 228 cm³/mol. The fraction of sp³-hybridized carbons (Fsp3) is 0.386. The number of aryl methyl sites for hydroxylation is 2. The Bertz CT molecular complexity index is 1790. The van der Waals surface area contributed by atoms with Gasteiger partial charge in [0.1, 0.15) is 12.2 Å². The molecule has 298 valence electrons. The highest BCUT2D eigenvalue weighted by Crippen LogP contribution is 2.30. The Hall–Kier alpha value is -4.71. The van der Waals surface area contributed by atoms with Crippen molar-refractivity contribution in [3.05, 3.63) is 113 Å². The molecule has 0 bridgehead atoms. The van der Waals surface area contributed by atoms with Crippen LogP contribution in [0, 0.1) is 12.7 Å². The van der Waals surface area contributed by atoms with E-state index in [0.29, 0.717) is 35.7 Å². The van der Waals surface area contributed by atoms with Crippen LogP contribution in [0.4, 0.5) is 10.1 Å². The second kappa shape index (κ2) is 25.4. The van der Waals surface area contributed by atoms with Crippen molar-refractivity contribution in [1.82, 2.24) is 20.1 Å². The third-order valence-corrected chi connectivity index (χ3v) is 8.45. The van der Waals surface area contributed by atoms with Crippen molar-refractivity contribution in [2.75, 3.05) is 59.8 Å². The van der Waals surface area contributed by atoms with Gasteiger partial charge in [0.2, 0.25) is 11.8 Å². The number of nitrogens with zero attached hydrogens (tertiary/aromatic N) is 3. The van der Waals surface area contributed by atoms with Gasteiger partial charge in [0.25, 0.3) is 0 Å². The minimum atomic E-state index is -0.516. The highest BCUT2D eigenvalue weighted by molar-refractivity contribution is 7.80. The van der Waals surface area contributed by atoms with Crippen molar-refractivity contribution < 1.29 is 23.5 Å². The number of thiol groups is 1. The zero-order chi connectivity index (χ0) is 40.8. The third kappa shape index (κ3) is 18.5. The van der Waals surface area contributed by atoms with Gasteiger partial charge in [0.05, 0.1) is 18.9 Å². The summed E-state index contributed by atoms with van der Waals surface area (Å²) in [5.41, 5.74) is 5.19. The number of halogens is 1. The first-order valence-corrected chi connectivity index (χ1v) is 19.1. The lowest BCUT2D eigenvalue weighted by Crippen LogP contribution is -2.28. The summed E-state index contributed by atoms with van der Waals surface area (Å²) in [6, 6.07) is 12.5. The summed E-state index contributed by atoms with van der Waals surface area (Å²) in [6.45, 7) is 14.5. The van der Waals surface area contributed by atoms with E-state index in [0.717, 1.165) is 66.4 Å². The molecule has 0 fully saturated rings. The standard InChI is InChI=1S/C26H39N3O2S.C18H21FN2O2/c1-6-9-22-14-15-27-23(26(22)32)12-10-21-11-13-24(30-18-7-16-28(2)3)25(20-21)31-19-8-17-29(4)5;1-5-6-7-16(12(2)3)21-18(23)11-17(22)20-14-9-8-13(4)15(19)10-14/h10-15,20,32H,6-9,16-19H2,1-5H3;5-10H,2,11H2,1,3-4H3,(H,20,22)(H,21,23)/b12-10+;6-5-,16-7+. The monoisotopic (exact) mass is 773 g/mol. The highest BCUT2D eigenvalue weighted by Gasteiger charge is 2.12. The smallest absolute Gasteiger partial charge is 0.233 e. The van der Waals surface area contributed by atoms with Gasteiger partial charge in [-0.1, -0.05) is 50.3 Å². The lowest BCUT2D eigenvalue weighted by Gasteiger charge is -2.15. The summed E-state index contributed by atoms with van der Waals surface area (Å²) in [6.07, 6.45) is 14.9. The van der Waals surface area contributed by atoms with Gasteiger partial charge in [0, 0.05) is 35.6 Å². The molecule has 2 amide bonds. The number of carbonyl (C=O) groups excluding carboxylic acids is 2. The maximum Gasteiger partial charge on any atom is 0.233 e. The molecule has 0 radical (unpaired) electrons. The zero-order valence-electron chi connectivity index (χ0n) is 33.9. The molecular weight excluding hydrogens is 714 g/mol. The van der Waals surface area contributed by atoms with E-state index >= 15 is 0 Å². The fourth-order valence-corrected chi connectivity index (χ4v) is 5.28. The van der Waals surface area contributed by atoms with Crippen molar-refractivity contribution in [2.24, 2.45) is 0 Å². The van der Waals surface area contributed by atoms with Crippen LogP contribution in [0.2, 0.25) is 0 Å². The number of ether oxygens (including phenoxy) is 2. The van der Waals surface area contributed by atoms with E-state index < -0.39 is 17.6 Å². The van der Waals surface area contributed by atoms with Crippen molar-refractivity contribution >= 4 is 42.3 Å².